The zero-order valence-corrected chi connectivity index (χ0v) is 57.2. The Labute approximate surface area is 546 Å². The molecule has 0 atom stereocenters. The minimum Gasteiger partial charge on any atom is -0.458 e. The molecule has 0 amide bonds. The van der Waals surface area contributed by atoms with Crippen LogP contribution in [0.2, 0.25) is 0 Å². The van der Waals surface area contributed by atoms with Crippen molar-refractivity contribution in [1.82, 2.24) is 4.57 Å². The molecule has 2 aliphatic heterocycles. The molecule has 5 nitrogen and oxygen atoms in total. The normalized spacial score (nSPS) is 13.9. The van der Waals surface area contributed by atoms with Gasteiger partial charge in [-0.2, -0.15) is 5.26 Å². The highest BCUT2D eigenvalue weighted by Gasteiger charge is 2.43. The highest BCUT2D eigenvalue weighted by Crippen LogP contribution is 2.52. The van der Waals surface area contributed by atoms with Gasteiger partial charge in [0.25, 0.3) is 6.71 Å². The summed E-state index contributed by atoms with van der Waals surface area (Å²) in [6.07, 6.45) is 0. The molecule has 0 saturated carbocycles. The molecule has 0 saturated heterocycles. The van der Waals surface area contributed by atoms with Crippen molar-refractivity contribution in [2.24, 2.45) is 0 Å². The van der Waals surface area contributed by atoms with E-state index in [4.69, 9.17) is 9.47 Å². The van der Waals surface area contributed by atoms with Crippen LogP contribution in [0, 0.1) is 11.3 Å². The predicted molar refractivity (Wildman–Crippen MR) is 388 cm³/mol. The Kier molecular flexibility index (Phi) is 13.8. The molecule has 10 aromatic carbocycles. The van der Waals surface area contributed by atoms with Crippen molar-refractivity contribution in [3.63, 3.8) is 0 Å². The van der Waals surface area contributed by atoms with Gasteiger partial charge in [-0.05, 0) is 189 Å². The van der Waals surface area contributed by atoms with Crippen molar-refractivity contribution in [2.75, 3.05) is 4.90 Å². The average Bonchev–Trinajstić information content (AvgIpc) is 1.40. The van der Waals surface area contributed by atoms with Crippen LogP contribution in [0.1, 0.15) is 186 Å². The molecule has 0 spiro atoms. The first kappa shape index (κ1) is 60.5. The Balaban J connectivity index is 1.00. The molecule has 92 heavy (non-hydrogen) atoms. The molecule has 1 aromatic heterocycles. The van der Waals surface area contributed by atoms with Crippen molar-refractivity contribution in [3.8, 4) is 57.0 Å². The molecular weight excluding hydrogens is 1120 g/mol. The van der Waals surface area contributed by atoms with Gasteiger partial charge in [-0.3, -0.25) is 0 Å². The van der Waals surface area contributed by atoms with Crippen LogP contribution >= 0.6 is 0 Å². The second-order valence-electron chi connectivity index (χ2n) is 32.7. The van der Waals surface area contributed by atoms with Gasteiger partial charge in [0, 0.05) is 50.8 Å². The lowest BCUT2D eigenvalue weighted by molar-refractivity contribution is 0.464. The average molecular weight is 1200 g/mol. The highest BCUT2D eigenvalue weighted by atomic mass is 16.5. The van der Waals surface area contributed by atoms with Crippen molar-refractivity contribution >= 4 is 62.0 Å². The topological polar surface area (TPSA) is 50.4 Å². The summed E-state index contributed by atoms with van der Waals surface area (Å²) in [7, 11) is 0. The van der Waals surface area contributed by atoms with Gasteiger partial charge in [0.15, 0.2) is 0 Å². The fraction of sp³-hybridized carbons (Fsp3) is 0.291. The Morgan fingerprint density at radius 3 is 1.27 bits per heavy atom. The lowest BCUT2D eigenvalue weighted by Crippen LogP contribution is -2.57. The lowest BCUT2D eigenvalue weighted by Gasteiger charge is -2.34. The van der Waals surface area contributed by atoms with Crippen LogP contribution in [-0.2, 0) is 32.5 Å². The van der Waals surface area contributed by atoms with E-state index in [0.717, 1.165) is 84.3 Å². The minimum absolute atomic E-state index is 0.0210. The lowest BCUT2D eigenvalue weighted by atomic mass is 9.34. The van der Waals surface area contributed by atoms with E-state index in [1.165, 1.54) is 72.0 Å². The van der Waals surface area contributed by atoms with Crippen LogP contribution in [0.5, 0.6) is 23.0 Å². The molecule has 6 heteroatoms. The summed E-state index contributed by atoms with van der Waals surface area (Å²) in [5, 5.41) is 13.3. The molecule has 0 N–H and O–H groups in total. The summed E-state index contributed by atoms with van der Waals surface area (Å²) in [6, 6.07) is 73.3. The van der Waals surface area contributed by atoms with E-state index in [-0.39, 0.29) is 45.1 Å². The van der Waals surface area contributed by atoms with Gasteiger partial charge in [0.2, 0.25) is 0 Å². The largest absolute Gasteiger partial charge is 0.458 e. The summed E-state index contributed by atoms with van der Waals surface area (Å²) < 4.78 is 17.5. The summed E-state index contributed by atoms with van der Waals surface area (Å²) in [6.45, 7) is 40.9. The zero-order valence-electron chi connectivity index (χ0n) is 57.2. The molecule has 1 aliphatic carbocycles. The maximum atomic E-state index is 10.8. The monoisotopic (exact) mass is 1200 g/mol. The van der Waals surface area contributed by atoms with Crippen molar-refractivity contribution in [1.29, 1.82) is 5.26 Å². The first-order chi connectivity index (χ1) is 43.3. The first-order valence-corrected chi connectivity index (χ1v) is 33.1. The van der Waals surface area contributed by atoms with Gasteiger partial charge < -0.3 is 18.9 Å². The highest BCUT2D eigenvalue weighted by molar-refractivity contribution is 6.98. The predicted octanol–water partition coefficient (Wildman–Crippen LogP) is 21.5. The van der Waals surface area contributed by atoms with Crippen LogP contribution < -0.4 is 30.8 Å². The molecule has 460 valence electrons. The summed E-state index contributed by atoms with van der Waals surface area (Å²) in [5.41, 5.74) is 25.6. The molecule has 3 heterocycles. The number of nitriles is 1. The maximum absolute atomic E-state index is 10.8. The van der Waals surface area contributed by atoms with E-state index in [1.54, 1.807) is 0 Å². The van der Waals surface area contributed by atoms with Crippen LogP contribution in [0.15, 0.2) is 188 Å². The third kappa shape index (κ3) is 10.3. The van der Waals surface area contributed by atoms with Crippen LogP contribution in [-0.4, -0.2) is 11.3 Å². The standard InChI is InChI=1S/C86H86BN3O2/c1-81(2,3)54-21-29-60(30-22-54)89(61-31-23-55(24-32-61)82(4,5)6)72-40-19-51(50-88)41-67(72)53-43-77-80-78(44-53)92-76-49-62(90-73-47-58(85(13,14)15)27-36-65(73)66-37-28-59(48-74(66)90)86(16,17)18)33-39-71(76)87(80)70-38-20-52(42-75(70)91-77)79-68-45-56(83(7,8)9)25-34-63(68)64-35-26-57(46-69(64)79)84(10,11)12/h19-49,79H,1-18H3. The fourth-order valence-corrected chi connectivity index (χ4v) is 14.4. The molecule has 14 rings (SSSR count). The maximum Gasteiger partial charge on any atom is 0.260 e. The number of ether oxygens (including phenoxy) is 2. The van der Waals surface area contributed by atoms with Gasteiger partial charge in [0.05, 0.1) is 28.4 Å². The van der Waals surface area contributed by atoms with Gasteiger partial charge in [-0.25, -0.2) is 0 Å². The fourth-order valence-electron chi connectivity index (χ4n) is 14.4. The van der Waals surface area contributed by atoms with Gasteiger partial charge in [0.1, 0.15) is 23.0 Å². The van der Waals surface area contributed by atoms with Gasteiger partial charge >= 0.3 is 0 Å². The number of rotatable bonds is 6. The molecule has 0 bridgehead atoms. The van der Waals surface area contributed by atoms with Crippen LogP contribution in [0.25, 0.3) is 49.7 Å². The molecule has 0 radical (unpaired) electrons. The third-order valence-corrected chi connectivity index (χ3v) is 20.0. The van der Waals surface area contributed by atoms with E-state index in [9.17, 15) is 5.26 Å². The van der Waals surface area contributed by atoms with E-state index < -0.39 is 0 Å². The van der Waals surface area contributed by atoms with Crippen molar-refractivity contribution in [3.05, 3.63) is 244 Å². The summed E-state index contributed by atoms with van der Waals surface area (Å²) in [4.78, 5) is 2.34. The van der Waals surface area contributed by atoms with E-state index in [0.29, 0.717) is 5.56 Å². The number of anilines is 3. The smallest absolute Gasteiger partial charge is 0.260 e. The molecule has 3 aliphatic rings. The van der Waals surface area contributed by atoms with Gasteiger partial charge in [-0.15, -0.1) is 0 Å². The quantitative estimate of drug-likeness (QED) is 0.156. The van der Waals surface area contributed by atoms with E-state index in [2.05, 4.69) is 316 Å². The molecule has 11 aromatic rings. The van der Waals surface area contributed by atoms with Gasteiger partial charge in [-0.1, -0.05) is 228 Å². The number of hydrogen-bond acceptors (Lipinski definition) is 4. The van der Waals surface area contributed by atoms with Crippen molar-refractivity contribution in [2.45, 2.75) is 163 Å². The van der Waals surface area contributed by atoms with Crippen molar-refractivity contribution < 1.29 is 9.47 Å². The Hall–Kier alpha value is -9.05. The molecular formula is C86H86BN3O2. The SMILES string of the molecule is CC(C)(C)c1ccc(N(c2ccc(C(C)(C)C)cc2)c2ccc(C#N)cc2-c2cc3c4c(c2)Oc2cc(-n5c6cc(C(C)(C)C)ccc6c6ccc(C(C)(C)C)cc65)ccc2B4c2ccc(C4c5cc(C(C)(C)C)ccc5-c5ccc(C(C)(C)C)cc54)cc2O3)cc1. The number of fused-ring (bicyclic) bond motifs is 10. The second-order valence-corrected chi connectivity index (χ2v) is 32.7. The first-order valence-electron chi connectivity index (χ1n) is 33.1. The number of benzene rings is 10. The van der Waals surface area contributed by atoms with Crippen LogP contribution in [0.3, 0.4) is 0 Å². The minimum atomic E-state index is -0.227. The number of aromatic nitrogens is 1. The summed E-state index contributed by atoms with van der Waals surface area (Å²) in [5.74, 6) is 3.05. The molecule has 0 fully saturated rings. The third-order valence-electron chi connectivity index (χ3n) is 20.0. The Morgan fingerprint density at radius 1 is 0.391 bits per heavy atom. The van der Waals surface area contributed by atoms with Crippen LogP contribution in [0.4, 0.5) is 17.1 Å². The second kappa shape index (κ2) is 21.0. The zero-order chi connectivity index (χ0) is 65.1. The van der Waals surface area contributed by atoms with E-state index >= 15 is 0 Å². The molecule has 0 unspecified atom stereocenters. The summed E-state index contributed by atoms with van der Waals surface area (Å²) >= 11 is 0. The Morgan fingerprint density at radius 2 is 0.815 bits per heavy atom. The Bertz CT molecular complexity index is 4680. The number of nitrogens with zero attached hydrogens (tertiary/aromatic N) is 3. The van der Waals surface area contributed by atoms with E-state index in [1.807, 2.05) is 12.1 Å². The number of hydrogen-bond donors (Lipinski definition) is 0.